The van der Waals surface area contributed by atoms with E-state index in [1.807, 2.05) is 6.92 Å². The number of amides is 1. The van der Waals surface area contributed by atoms with Crippen LogP contribution in [-0.4, -0.2) is 35.1 Å². The lowest BCUT2D eigenvalue weighted by Gasteiger charge is -2.12. The highest BCUT2D eigenvalue weighted by molar-refractivity contribution is 7.85. The number of rotatable bonds is 8. The average molecular weight is 375 g/mol. The van der Waals surface area contributed by atoms with E-state index in [9.17, 15) is 13.8 Å². The van der Waals surface area contributed by atoms with E-state index in [-0.39, 0.29) is 5.56 Å². The fourth-order valence-electron chi connectivity index (χ4n) is 2.24. The van der Waals surface area contributed by atoms with E-state index in [4.69, 9.17) is 9.47 Å². The molecule has 0 fully saturated rings. The summed E-state index contributed by atoms with van der Waals surface area (Å²) in [5.74, 6) is -0.243. The van der Waals surface area contributed by atoms with Crippen molar-refractivity contribution >= 4 is 28.4 Å². The Morgan fingerprint density at radius 1 is 1.04 bits per heavy atom. The van der Waals surface area contributed by atoms with Gasteiger partial charge in [0.25, 0.3) is 5.91 Å². The molecule has 6 nitrogen and oxygen atoms in total. The third-order valence-electron chi connectivity index (χ3n) is 3.41. The molecular weight excluding hydrogens is 354 g/mol. The first kappa shape index (κ1) is 19.7. The van der Waals surface area contributed by atoms with E-state index in [1.165, 1.54) is 6.07 Å². The number of nitrogens with one attached hydrogen (secondary N) is 1. The average Bonchev–Trinajstić information content (AvgIpc) is 2.67. The molecule has 0 unspecified atom stereocenters. The van der Waals surface area contributed by atoms with Crippen LogP contribution in [0, 0.1) is 0 Å². The zero-order valence-corrected chi connectivity index (χ0v) is 15.5. The van der Waals surface area contributed by atoms with Gasteiger partial charge in [-0.3, -0.25) is 9.00 Å². The van der Waals surface area contributed by atoms with Crippen molar-refractivity contribution in [2.75, 3.05) is 24.3 Å². The molecule has 0 saturated heterocycles. The van der Waals surface area contributed by atoms with Crippen LogP contribution in [0.1, 0.15) is 24.2 Å². The van der Waals surface area contributed by atoms with Crippen molar-refractivity contribution in [3.05, 3.63) is 54.1 Å². The van der Waals surface area contributed by atoms with Gasteiger partial charge in [-0.1, -0.05) is 31.2 Å². The van der Waals surface area contributed by atoms with Crippen LogP contribution in [0.2, 0.25) is 0 Å². The molecule has 0 aliphatic carbocycles. The van der Waals surface area contributed by atoms with Gasteiger partial charge in [-0.15, -0.1) is 0 Å². The summed E-state index contributed by atoms with van der Waals surface area (Å²) in [7, 11) is -1.29. The lowest BCUT2D eigenvalue weighted by atomic mass is 10.2. The Morgan fingerprint density at radius 2 is 1.73 bits per heavy atom. The zero-order valence-electron chi connectivity index (χ0n) is 14.7. The number of para-hydroxylation sites is 2. The number of anilines is 1. The van der Waals surface area contributed by atoms with Crippen LogP contribution in [0.3, 0.4) is 0 Å². The van der Waals surface area contributed by atoms with Crippen LogP contribution in [0.5, 0.6) is 5.75 Å². The first-order chi connectivity index (χ1) is 12.6. The number of esters is 1. The van der Waals surface area contributed by atoms with Gasteiger partial charge in [0.05, 0.1) is 33.6 Å². The van der Waals surface area contributed by atoms with Crippen LogP contribution in [-0.2, 0) is 20.3 Å². The normalized spacial score (nSPS) is 11.5. The van der Waals surface area contributed by atoms with E-state index < -0.39 is 29.3 Å². The standard InChI is InChI=1S/C19H21NO5S/c1-3-24-16-11-7-6-10-15(16)20-18(21)13-25-19(22)14-9-5-8-12-17(14)26(23)4-2/h5-12H,3-4,13H2,1-2H3,(H,20,21)/t26-/m0/s1. The van der Waals surface area contributed by atoms with E-state index in [2.05, 4.69) is 5.32 Å². The molecule has 0 saturated carbocycles. The molecule has 2 aromatic rings. The van der Waals surface area contributed by atoms with Crippen molar-refractivity contribution in [2.24, 2.45) is 0 Å². The van der Waals surface area contributed by atoms with Crippen molar-refractivity contribution in [3.8, 4) is 5.75 Å². The molecule has 0 aliphatic heterocycles. The largest absolute Gasteiger partial charge is 0.492 e. The zero-order chi connectivity index (χ0) is 18.9. The first-order valence-electron chi connectivity index (χ1n) is 8.23. The van der Waals surface area contributed by atoms with Gasteiger partial charge in [0.15, 0.2) is 6.61 Å². The van der Waals surface area contributed by atoms with Gasteiger partial charge in [0.1, 0.15) is 5.75 Å². The lowest BCUT2D eigenvalue weighted by molar-refractivity contribution is -0.119. The highest BCUT2D eigenvalue weighted by Crippen LogP contribution is 2.23. The molecule has 138 valence electrons. The molecule has 1 N–H and O–H groups in total. The van der Waals surface area contributed by atoms with Crippen molar-refractivity contribution in [3.63, 3.8) is 0 Å². The third-order valence-corrected chi connectivity index (χ3v) is 4.78. The van der Waals surface area contributed by atoms with Crippen LogP contribution >= 0.6 is 0 Å². The SMILES string of the molecule is CCOc1ccccc1NC(=O)COC(=O)c1ccccc1[S@@](=O)CC. The fourth-order valence-corrected chi connectivity index (χ4v) is 3.17. The van der Waals surface area contributed by atoms with E-state index in [0.717, 1.165) is 0 Å². The molecule has 0 aliphatic rings. The maximum Gasteiger partial charge on any atom is 0.339 e. The predicted molar refractivity (Wildman–Crippen MR) is 99.9 cm³/mol. The van der Waals surface area contributed by atoms with Crippen molar-refractivity contribution in [1.29, 1.82) is 0 Å². The van der Waals surface area contributed by atoms with Crippen LogP contribution in [0.15, 0.2) is 53.4 Å². The molecule has 1 atom stereocenters. The van der Waals surface area contributed by atoms with Crippen LogP contribution in [0.25, 0.3) is 0 Å². The maximum absolute atomic E-state index is 12.3. The minimum absolute atomic E-state index is 0.204. The Balaban J connectivity index is 2.00. The topological polar surface area (TPSA) is 81.7 Å². The highest BCUT2D eigenvalue weighted by atomic mass is 32.2. The molecule has 0 spiro atoms. The van der Waals surface area contributed by atoms with Crippen molar-refractivity contribution < 1.29 is 23.3 Å². The quantitative estimate of drug-likeness (QED) is 0.717. The number of hydrogen-bond donors (Lipinski definition) is 1. The maximum atomic E-state index is 12.3. The first-order valence-corrected chi connectivity index (χ1v) is 9.54. The molecule has 26 heavy (non-hydrogen) atoms. The second-order valence-electron chi connectivity index (χ2n) is 5.18. The second-order valence-corrected chi connectivity index (χ2v) is 6.89. The van der Waals surface area contributed by atoms with Gasteiger partial charge in [0, 0.05) is 5.75 Å². The number of benzene rings is 2. The Kier molecular flexibility index (Phi) is 7.35. The third kappa shape index (κ3) is 5.16. The van der Waals surface area contributed by atoms with E-state index in [1.54, 1.807) is 49.4 Å². The van der Waals surface area contributed by atoms with Gasteiger partial charge in [-0.2, -0.15) is 0 Å². The molecule has 2 aromatic carbocycles. The molecule has 0 bridgehead atoms. The summed E-state index contributed by atoms with van der Waals surface area (Å²) in [6.45, 7) is 3.62. The monoisotopic (exact) mass is 375 g/mol. The Hall–Kier alpha value is -2.67. The minimum atomic E-state index is -1.29. The van der Waals surface area contributed by atoms with Gasteiger partial charge in [-0.25, -0.2) is 4.79 Å². The summed E-state index contributed by atoms with van der Waals surface area (Å²) in [6.07, 6.45) is 0. The second kappa shape index (κ2) is 9.72. The number of carbonyl (C=O) groups excluding carboxylic acids is 2. The molecule has 0 aromatic heterocycles. The Morgan fingerprint density at radius 3 is 2.46 bits per heavy atom. The molecule has 7 heteroatoms. The summed E-state index contributed by atoms with van der Waals surface area (Å²) in [6, 6.07) is 13.5. The van der Waals surface area contributed by atoms with Crippen LogP contribution < -0.4 is 10.1 Å². The van der Waals surface area contributed by atoms with Gasteiger partial charge >= 0.3 is 5.97 Å². The predicted octanol–water partition coefficient (Wildman–Crippen LogP) is 3.01. The van der Waals surface area contributed by atoms with E-state index >= 15 is 0 Å². The number of hydrogen-bond acceptors (Lipinski definition) is 5. The smallest absolute Gasteiger partial charge is 0.339 e. The highest BCUT2D eigenvalue weighted by Gasteiger charge is 2.17. The summed E-state index contributed by atoms with van der Waals surface area (Å²) >= 11 is 0. The van der Waals surface area contributed by atoms with E-state index in [0.29, 0.717) is 28.7 Å². The molecular formula is C19H21NO5S. The molecule has 0 heterocycles. The van der Waals surface area contributed by atoms with Crippen LogP contribution in [0.4, 0.5) is 5.69 Å². The number of ether oxygens (including phenoxy) is 2. The van der Waals surface area contributed by atoms with Crippen molar-refractivity contribution in [1.82, 2.24) is 0 Å². The molecule has 0 radical (unpaired) electrons. The molecule has 1 amide bonds. The van der Waals surface area contributed by atoms with Crippen molar-refractivity contribution in [2.45, 2.75) is 18.7 Å². The summed E-state index contributed by atoms with van der Waals surface area (Å²) in [5.41, 5.74) is 0.707. The fraction of sp³-hybridized carbons (Fsp3) is 0.263. The Labute approximate surface area is 155 Å². The Bertz CT molecular complexity index is 806. The lowest BCUT2D eigenvalue weighted by Crippen LogP contribution is -2.22. The van der Waals surface area contributed by atoms with Gasteiger partial charge in [-0.05, 0) is 31.2 Å². The summed E-state index contributed by atoms with van der Waals surface area (Å²) < 4.78 is 22.5. The molecule has 2 rings (SSSR count). The minimum Gasteiger partial charge on any atom is -0.492 e. The summed E-state index contributed by atoms with van der Waals surface area (Å²) in [4.78, 5) is 24.7. The van der Waals surface area contributed by atoms with Gasteiger partial charge < -0.3 is 14.8 Å². The number of carbonyl (C=O) groups is 2. The summed E-state index contributed by atoms with van der Waals surface area (Å²) in [5, 5.41) is 2.65. The van der Waals surface area contributed by atoms with Gasteiger partial charge in [0.2, 0.25) is 0 Å².